The van der Waals surface area contributed by atoms with E-state index < -0.39 is 0 Å². The molecule has 1 heterocycles. The summed E-state index contributed by atoms with van der Waals surface area (Å²) >= 11 is 7.63. The molecule has 0 saturated carbocycles. The van der Waals surface area contributed by atoms with Crippen LogP contribution in [0.3, 0.4) is 0 Å². The first-order valence-corrected chi connectivity index (χ1v) is 9.35. The normalized spacial score (nSPS) is 16.5. The van der Waals surface area contributed by atoms with Crippen molar-refractivity contribution in [1.29, 1.82) is 0 Å². The maximum absolute atomic E-state index is 13.0. The molecule has 2 amide bonds. The maximum atomic E-state index is 13.0. The number of amides is 2. The smallest absolute Gasteiger partial charge is 0.307 e. The predicted molar refractivity (Wildman–Crippen MR) is 108 cm³/mol. The minimum atomic E-state index is -0.245. The lowest BCUT2D eigenvalue weighted by molar-refractivity contribution is 0.259. The van der Waals surface area contributed by atoms with Crippen molar-refractivity contribution in [2.24, 2.45) is 4.99 Å². The molecule has 1 atom stereocenters. The Morgan fingerprint density at radius 1 is 1.24 bits per heavy atom. The molecular formula is C19H20ClN3OS. The molecule has 1 N–H and O–H groups in total. The van der Waals surface area contributed by atoms with E-state index in [0.29, 0.717) is 22.5 Å². The lowest BCUT2D eigenvalue weighted by Crippen LogP contribution is -2.38. The predicted octanol–water partition coefficient (Wildman–Crippen LogP) is 5.49. The van der Waals surface area contributed by atoms with Crippen LogP contribution in [-0.4, -0.2) is 23.0 Å². The Morgan fingerprint density at radius 2 is 2.04 bits per heavy atom. The van der Waals surface area contributed by atoms with E-state index in [0.717, 1.165) is 16.4 Å². The molecule has 0 bridgehead atoms. The molecule has 6 heteroatoms. The van der Waals surface area contributed by atoms with E-state index in [1.54, 1.807) is 28.8 Å². The second kappa shape index (κ2) is 7.50. The molecule has 0 fully saturated rings. The van der Waals surface area contributed by atoms with E-state index in [4.69, 9.17) is 11.6 Å². The SMILES string of the molecule is Cc1ccc(N(C(=O)Nc2cccc(Cl)c2)C2=NCC(C)S2)cc1C. The first-order valence-electron chi connectivity index (χ1n) is 8.09. The van der Waals surface area contributed by atoms with Crippen LogP contribution in [0.4, 0.5) is 16.2 Å². The van der Waals surface area contributed by atoms with Crippen LogP contribution < -0.4 is 10.2 Å². The van der Waals surface area contributed by atoms with Crippen molar-refractivity contribution >= 4 is 45.9 Å². The number of amidine groups is 1. The number of carbonyl (C=O) groups is 1. The Morgan fingerprint density at radius 3 is 2.68 bits per heavy atom. The topological polar surface area (TPSA) is 44.7 Å². The number of hydrogen-bond acceptors (Lipinski definition) is 3. The van der Waals surface area contributed by atoms with E-state index >= 15 is 0 Å². The van der Waals surface area contributed by atoms with Crippen molar-refractivity contribution in [3.8, 4) is 0 Å². The number of nitrogens with zero attached hydrogens (tertiary/aromatic N) is 2. The summed E-state index contributed by atoms with van der Waals surface area (Å²) in [5.74, 6) is 0. The summed E-state index contributed by atoms with van der Waals surface area (Å²) in [7, 11) is 0. The zero-order chi connectivity index (χ0) is 18.0. The van der Waals surface area contributed by atoms with Crippen molar-refractivity contribution in [3.05, 3.63) is 58.6 Å². The van der Waals surface area contributed by atoms with Crippen LogP contribution in [0.5, 0.6) is 0 Å². The van der Waals surface area contributed by atoms with Gasteiger partial charge >= 0.3 is 6.03 Å². The number of anilines is 2. The third kappa shape index (κ3) is 4.17. The number of aryl methyl sites for hydroxylation is 2. The molecule has 0 radical (unpaired) electrons. The highest BCUT2D eigenvalue weighted by Crippen LogP contribution is 2.29. The largest absolute Gasteiger partial charge is 0.332 e. The molecule has 25 heavy (non-hydrogen) atoms. The molecule has 0 aliphatic carbocycles. The molecule has 2 aromatic carbocycles. The van der Waals surface area contributed by atoms with Crippen LogP contribution in [0, 0.1) is 13.8 Å². The number of halogens is 1. The van der Waals surface area contributed by atoms with E-state index in [2.05, 4.69) is 24.2 Å². The van der Waals surface area contributed by atoms with Gasteiger partial charge in [0.15, 0.2) is 5.17 Å². The van der Waals surface area contributed by atoms with Crippen molar-refractivity contribution in [1.82, 2.24) is 0 Å². The number of aliphatic imine (C=N–C) groups is 1. The van der Waals surface area contributed by atoms with Gasteiger partial charge in [0.25, 0.3) is 0 Å². The summed E-state index contributed by atoms with van der Waals surface area (Å²) in [5, 5.41) is 4.58. The van der Waals surface area contributed by atoms with Gasteiger partial charge < -0.3 is 5.32 Å². The Labute approximate surface area is 157 Å². The standard InChI is InChI=1S/C19H20ClN3OS/c1-12-7-8-17(9-13(12)2)23(19-21-11-14(3)25-19)18(24)22-16-6-4-5-15(20)10-16/h4-10,14H,11H2,1-3H3,(H,22,24). The van der Waals surface area contributed by atoms with E-state index in [9.17, 15) is 4.79 Å². The minimum absolute atomic E-state index is 0.245. The lowest BCUT2D eigenvalue weighted by Gasteiger charge is -2.23. The summed E-state index contributed by atoms with van der Waals surface area (Å²) in [6.45, 7) is 6.91. The van der Waals surface area contributed by atoms with Gasteiger partial charge in [-0.1, -0.05) is 42.4 Å². The highest BCUT2D eigenvalue weighted by Gasteiger charge is 2.27. The number of nitrogens with one attached hydrogen (secondary N) is 1. The van der Waals surface area contributed by atoms with Gasteiger partial charge in [0.1, 0.15) is 0 Å². The molecular weight excluding hydrogens is 354 g/mol. The Balaban J connectivity index is 1.93. The third-order valence-corrected chi connectivity index (χ3v) is 5.32. The van der Waals surface area contributed by atoms with Gasteiger partial charge in [0.05, 0.1) is 12.2 Å². The van der Waals surface area contributed by atoms with Gasteiger partial charge in [-0.05, 0) is 55.3 Å². The van der Waals surface area contributed by atoms with Crippen LogP contribution in [0.15, 0.2) is 47.5 Å². The second-order valence-electron chi connectivity index (χ2n) is 6.10. The van der Waals surface area contributed by atoms with E-state index in [-0.39, 0.29) is 6.03 Å². The van der Waals surface area contributed by atoms with Crippen molar-refractivity contribution in [2.45, 2.75) is 26.0 Å². The Hall–Kier alpha value is -1.98. The third-order valence-electron chi connectivity index (χ3n) is 4.01. The molecule has 0 aromatic heterocycles. The molecule has 0 saturated heterocycles. The molecule has 3 rings (SSSR count). The average molecular weight is 374 g/mol. The quantitative estimate of drug-likeness (QED) is 0.756. The van der Waals surface area contributed by atoms with Crippen molar-refractivity contribution < 1.29 is 4.79 Å². The molecule has 1 aliphatic heterocycles. The summed E-state index contributed by atoms with van der Waals surface area (Å²) in [5.41, 5.74) is 3.79. The molecule has 130 valence electrons. The van der Waals surface area contributed by atoms with Gasteiger partial charge in [0, 0.05) is 16.0 Å². The fraction of sp³-hybridized carbons (Fsp3) is 0.263. The number of benzene rings is 2. The van der Waals surface area contributed by atoms with Crippen LogP contribution in [0.1, 0.15) is 18.1 Å². The molecule has 1 aliphatic rings. The van der Waals surface area contributed by atoms with Gasteiger partial charge in [-0.2, -0.15) is 0 Å². The molecule has 1 unspecified atom stereocenters. The highest BCUT2D eigenvalue weighted by atomic mass is 35.5. The number of thioether (sulfide) groups is 1. The fourth-order valence-electron chi connectivity index (χ4n) is 2.51. The summed E-state index contributed by atoms with van der Waals surface area (Å²) in [4.78, 5) is 19.2. The monoisotopic (exact) mass is 373 g/mol. The van der Waals surface area contributed by atoms with Gasteiger partial charge in [-0.3, -0.25) is 4.99 Å². The Kier molecular flexibility index (Phi) is 5.35. The van der Waals surface area contributed by atoms with E-state index in [1.807, 2.05) is 37.3 Å². The average Bonchev–Trinajstić information content (AvgIpc) is 2.97. The van der Waals surface area contributed by atoms with Crippen LogP contribution in [0.2, 0.25) is 5.02 Å². The minimum Gasteiger partial charge on any atom is -0.307 e. The van der Waals surface area contributed by atoms with Crippen LogP contribution >= 0.6 is 23.4 Å². The summed E-state index contributed by atoms with van der Waals surface area (Å²) < 4.78 is 0. The first kappa shape index (κ1) is 17.8. The number of urea groups is 1. The van der Waals surface area contributed by atoms with Crippen molar-refractivity contribution in [2.75, 3.05) is 16.8 Å². The Bertz CT molecular complexity index is 837. The number of rotatable bonds is 2. The number of hydrogen-bond donors (Lipinski definition) is 1. The van der Waals surface area contributed by atoms with Crippen LogP contribution in [-0.2, 0) is 0 Å². The maximum Gasteiger partial charge on any atom is 0.332 e. The lowest BCUT2D eigenvalue weighted by atomic mass is 10.1. The summed E-state index contributed by atoms with van der Waals surface area (Å²) in [6.07, 6.45) is 0. The van der Waals surface area contributed by atoms with Gasteiger partial charge in [-0.25, -0.2) is 9.69 Å². The zero-order valence-corrected chi connectivity index (χ0v) is 16.0. The number of carbonyl (C=O) groups excluding carboxylic acids is 1. The molecule has 0 spiro atoms. The first-order chi connectivity index (χ1) is 11.9. The summed E-state index contributed by atoms with van der Waals surface area (Å²) in [6, 6.07) is 12.9. The fourth-order valence-corrected chi connectivity index (χ4v) is 3.65. The highest BCUT2D eigenvalue weighted by molar-refractivity contribution is 8.15. The van der Waals surface area contributed by atoms with Gasteiger partial charge in [-0.15, -0.1) is 0 Å². The molecule has 2 aromatic rings. The van der Waals surface area contributed by atoms with E-state index in [1.165, 1.54) is 5.56 Å². The zero-order valence-electron chi connectivity index (χ0n) is 14.4. The van der Waals surface area contributed by atoms with Gasteiger partial charge in [0.2, 0.25) is 0 Å². The van der Waals surface area contributed by atoms with Crippen molar-refractivity contribution in [3.63, 3.8) is 0 Å². The second-order valence-corrected chi connectivity index (χ2v) is 7.94. The molecule has 4 nitrogen and oxygen atoms in total. The van der Waals surface area contributed by atoms with Crippen LogP contribution in [0.25, 0.3) is 0 Å².